The van der Waals surface area contributed by atoms with Crippen molar-refractivity contribution < 1.29 is 0 Å². The molecule has 0 saturated heterocycles. The van der Waals surface area contributed by atoms with E-state index in [9.17, 15) is 0 Å². The number of thiazole rings is 1. The van der Waals surface area contributed by atoms with E-state index in [-0.39, 0.29) is 0 Å². The Bertz CT molecular complexity index is 424. The summed E-state index contributed by atoms with van der Waals surface area (Å²) in [5.74, 6) is 0. The molecule has 0 aliphatic heterocycles. The van der Waals surface area contributed by atoms with Crippen LogP contribution in [0.4, 0.5) is 0 Å². The second kappa shape index (κ2) is 4.16. The first-order valence-corrected chi connectivity index (χ1v) is 5.67. The van der Waals surface area contributed by atoms with Gasteiger partial charge in [0.25, 0.3) is 0 Å². The molecule has 0 aliphatic carbocycles. The average molecular weight is 270 g/mol. The van der Waals surface area contributed by atoms with Crippen molar-refractivity contribution in [2.24, 2.45) is 5.73 Å². The van der Waals surface area contributed by atoms with Crippen molar-refractivity contribution in [1.82, 2.24) is 9.97 Å². The van der Waals surface area contributed by atoms with Crippen molar-refractivity contribution in [1.29, 1.82) is 0 Å². The Hall–Kier alpha value is -0.780. The van der Waals surface area contributed by atoms with E-state index < -0.39 is 0 Å². The Morgan fingerprint density at radius 2 is 2.14 bits per heavy atom. The van der Waals surface area contributed by atoms with Crippen molar-refractivity contribution in [3.8, 4) is 10.7 Å². The van der Waals surface area contributed by atoms with Crippen LogP contribution >= 0.6 is 27.3 Å². The maximum absolute atomic E-state index is 5.51. The number of hydrogen-bond acceptors (Lipinski definition) is 4. The summed E-state index contributed by atoms with van der Waals surface area (Å²) in [6.45, 7) is 0.536. The molecule has 0 radical (unpaired) electrons. The minimum Gasteiger partial charge on any atom is -0.326 e. The Morgan fingerprint density at radius 3 is 2.71 bits per heavy atom. The predicted molar refractivity (Wildman–Crippen MR) is 60.9 cm³/mol. The van der Waals surface area contributed by atoms with Gasteiger partial charge in [0.15, 0.2) is 0 Å². The van der Waals surface area contributed by atoms with Crippen LogP contribution in [0.5, 0.6) is 0 Å². The molecule has 0 fully saturated rings. The van der Waals surface area contributed by atoms with Gasteiger partial charge in [0, 0.05) is 28.3 Å². The summed E-state index contributed by atoms with van der Waals surface area (Å²) in [5.41, 5.74) is 6.39. The van der Waals surface area contributed by atoms with E-state index in [0.29, 0.717) is 6.54 Å². The summed E-state index contributed by atoms with van der Waals surface area (Å²) >= 11 is 4.92. The Kier molecular flexibility index (Phi) is 2.90. The van der Waals surface area contributed by atoms with Crippen LogP contribution in [0.15, 0.2) is 29.0 Å². The van der Waals surface area contributed by atoms with Crippen LogP contribution in [0, 0.1) is 0 Å². The minimum atomic E-state index is 0.536. The van der Waals surface area contributed by atoms with Gasteiger partial charge in [0.1, 0.15) is 5.01 Å². The summed E-state index contributed by atoms with van der Waals surface area (Å²) in [4.78, 5) is 9.58. The Labute approximate surface area is 94.1 Å². The molecular weight excluding hydrogens is 262 g/mol. The molecule has 0 spiro atoms. The Morgan fingerprint density at radius 1 is 1.29 bits per heavy atom. The number of aromatic nitrogens is 2. The van der Waals surface area contributed by atoms with Crippen molar-refractivity contribution in [2.75, 3.05) is 0 Å². The highest BCUT2D eigenvalue weighted by Crippen LogP contribution is 2.23. The minimum absolute atomic E-state index is 0.536. The summed E-state index contributed by atoms with van der Waals surface area (Å²) in [6.07, 6.45) is 3.56. The standard InChI is InChI=1S/C9H8BrN3S/c10-6-1-2-8(12-4-6)9-13-5-7(3-11)14-9/h1-2,4-5H,3,11H2. The van der Waals surface area contributed by atoms with Gasteiger partial charge in [-0.1, -0.05) is 0 Å². The number of nitrogens with two attached hydrogens (primary N) is 1. The van der Waals surface area contributed by atoms with Crippen LogP contribution < -0.4 is 5.73 Å². The first kappa shape index (κ1) is 9.76. The SMILES string of the molecule is NCc1cnc(-c2ccc(Br)cn2)s1. The topological polar surface area (TPSA) is 51.8 Å². The number of rotatable bonds is 2. The highest BCUT2D eigenvalue weighted by Gasteiger charge is 2.04. The van der Waals surface area contributed by atoms with Crippen molar-refractivity contribution >= 4 is 27.3 Å². The largest absolute Gasteiger partial charge is 0.326 e. The molecule has 2 rings (SSSR count). The zero-order valence-corrected chi connectivity index (χ0v) is 9.68. The number of hydrogen-bond donors (Lipinski definition) is 1. The van der Waals surface area contributed by atoms with E-state index in [1.807, 2.05) is 12.1 Å². The highest BCUT2D eigenvalue weighted by molar-refractivity contribution is 9.10. The molecule has 0 atom stereocenters. The maximum Gasteiger partial charge on any atom is 0.142 e. The highest BCUT2D eigenvalue weighted by atomic mass is 79.9. The van der Waals surface area contributed by atoms with Gasteiger partial charge in [-0.25, -0.2) is 4.98 Å². The molecular formula is C9H8BrN3S. The molecule has 0 amide bonds. The summed E-state index contributed by atoms with van der Waals surface area (Å²) in [5, 5.41) is 0.915. The van der Waals surface area contributed by atoms with E-state index in [4.69, 9.17) is 5.73 Å². The van der Waals surface area contributed by atoms with Gasteiger partial charge in [-0.15, -0.1) is 11.3 Å². The monoisotopic (exact) mass is 269 g/mol. The van der Waals surface area contributed by atoms with E-state index >= 15 is 0 Å². The fourth-order valence-electron chi connectivity index (χ4n) is 1.02. The molecule has 0 bridgehead atoms. The lowest BCUT2D eigenvalue weighted by molar-refractivity contribution is 1.10. The van der Waals surface area contributed by atoms with Crippen LogP contribution in [-0.4, -0.2) is 9.97 Å². The van der Waals surface area contributed by atoms with E-state index in [2.05, 4.69) is 25.9 Å². The normalized spacial score (nSPS) is 10.4. The predicted octanol–water partition coefficient (Wildman–Crippen LogP) is 2.43. The van der Waals surface area contributed by atoms with Gasteiger partial charge in [-0.05, 0) is 28.1 Å². The zero-order valence-electron chi connectivity index (χ0n) is 7.27. The molecule has 2 N–H and O–H groups in total. The van der Waals surface area contributed by atoms with Crippen molar-refractivity contribution in [3.63, 3.8) is 0 Å². The second-order valence-corrected chi connectivity index (χ2v) is 4.73. The number of nitrogens with zero attached hydrogens (tertiary/aromatic N) is 2. The fourth-order valence-corrected chi connectivity index (χ4v) is 2.02. The van der Waals surface area contributed by atoms with Crippen LogP contribution in [0.3, 0.4) is 0 Å². The Balaban J connectivity index is 2.34. The molecule has 3 nitrogen and oxygen atoms in total. The summed E-state index contributed by atoms with van der Waals surface area (Å²) in [6, 6.07) is 3.88. The molecule has 2 heterocycles. The molecule has 0 saturated carbocycles. The third-order valence-electron chi connectivity index (χ3n) is 1.70. The van der Waals surface area contributed by atoms with E-state index in [1.165, 1.54) is 0 Å². The zero-order chi connectivity index (χ0) is 9.97. The summed E-state index contributed by atoms with van der Waals surface area (Å²) < 4.78 is 0.969. The quantitative estimate of drug-likeness (QED) is 0.911. The van der Waals surface area contributed by atoms with Crippen LogP contribution in [0.2, 0.25) is 0 Å². The van der Waals surface area contributed by atoms with Gasteiger partial charge in [0.2, 0.25) is 0 Å². The molecule has 5 heteroatoms. The molecule has 0 unspecified atom stereocenters. The molecule has 72 valence electrons. The molecule has 0 aliphatic rings. The average Bonchev–Trinajstić information content (AvgIpc) is 2.67. The number of halogens is 1. The van der Waals surface area contributed by atoms with Crippen LogP contribution in [0.1, 0.15) is 4.88 Å². The lowest BCUT2D eigenvalue weighted by Crippen LogP contribution is -1.91. The van der Waals surface area contributed by atoms with Crippen molar-refractivity contribution in [2.45, 2.75) is 6.54 Å². The van der Waals surface area contributed by atoms with E-state index in [0.717, 1.165) is 20.1 Å². The first-order chi connectivity index (χ1) is 6.79. The van der Waals surface area contributed by atoms with Gasteiger partial charge >= 0.3 is 0 Å². The lowest BCUT2D eigenvalue weighted by Gasteiger charge is -1.94. The van der Waals surface area contributed by atoms with Gasteiger partial charge in [0.05, 0.1) is 5.69 Å². The summed E-state index contributed by atoms with van der Waals surface area (Å²) in [7, 11) is 0. The lowest BCUT2D eigenvalue weighted by atomic mass is 10.4. The molecule has 0 aromatic carbocycles. The maximum atomic E-state index is 5.51. The first-order valence-electron chi connectivity index (χ1n) is 4.06. The third kappa shape index (κ3) is 2.00. The van der Waals surface area contributed by atoms with Crippen LogP contribution in [0.25, 0.3) is 10.7 Å². The van der Waals surface area contributed by atoms with Gasteiger partial charge < -0.3 is 5.73 Å². The third-order valence-corrected chi connectivity index (χ3v) is 3.21. The second-order valence-electron chi connectivity index (χ2n) is 2.70. The molecule has 2 aromatic rings. The fraction of sp³-hybridized carbons (Fsp3) is 0.111. The molecule has 14 heavy (non-hydrogen) atoms. The molecule has 2 aromatic heterocycles. The van der Waals surface area contributed by atoms with Crippen molar-refractivity contribution in [3.05, 3.63) is 33.9 Å². The van der Waals surface area contributed by atoms with Gasteiger partial charge in [-0.3, -0.25) is 4.98 Å². The number of pyridine rings is 1. The van der Waals surface area contributed by atoms with Crippen LogP contribution in [-0.2, 0) is 6.54 Å². The smallest absolute Gasteiger partial charge is 0.142 e. The van der Waals surface area contributed by atoms with Gasteiger partial charge in [-0.2, -0.15) is 0 Å². The van der Waals surface area contributed by atoms with E-state index in [1.54, 1.807) is 23.7 Å².